The maximum atomic E-state index is 12.0. The Bertz CT molecular complexity index is 994. The van der Waals surface area contributed by atoms with Crippen LogP contribution in [0.15, 0.2) is 28.7 Å². The number of rotatable bonds is 11. The number of nitrogens with zero attached hydrogens (tertiary/aromatic N) is 1. The van der Waals surface area contributed by atoms with Crippen molar-refractivity contribution in [2.75, 3.05) is 7.05 Å². The van der Waals surface area contributed by atoms with Crippen LogP contribution in [0.25, 0.3) is 11.5 Å². The van der Waals surface area contributed by atoms with Crippen molar-refractivity contribution in [3.8, 4) is 11.5 Å². The van der Waals surface area contributed by atoms with Crippen molar-refractivity contribution in [2.45, 2.75) is 102 Å². The van der Waals surface area contributed by atoms with Gasteiger partial charge in [0.25, 0.3) is 0 Å². The fourth-order valence-corrected chi connectivity index (χ4v) is 5.53. The second kappa shape index (κ2) is 12.9. The Labute approximate surface area is 220 Å². The van der Waals surface area contributed by atoms with Gasteiger partial charge in [-0.1, -0.05) is 71.4 Å². The van der Waals surface area contributed by atoms with Crippen LogP contribution in [-0.2, 0) is 26.3 Å². The summed E-state index contributed by atoms with van der Waals surface area (Å²) in [6, 6.07) is 8.47. The maximum absolute atomic E-state index is 12.0. The minimum Gasteiger partial charge on any atom is -0.441 e. The molecule has 0 radical (unpaired) electrons. The number of thioether (sulfide) groups is 1. The predicted molar refractivity (Wildman–Crippen MR) is 147 cm³/mol. The van der Waals surface area contributed by atoms with E-state index in [0.717, 1.165) is 66.5 Å². The normalized spacial score (nSPS) is 19.3. The molecule has 0 spiro atoms. The minimum absolute atomic E-state index is 0.0770. The summed E-state index contributed by atoms with van der Waals surface area (Å²) in [5, 5.41) is 2.35. The highest BCUT2D eigenvalue weighted by molar-refractivity contribution is 8.13. The molecular formula is C29H42N2O4S. The van der Waals surface area contributed by atoms with Crippen LogP contribution >= 0.6 is 11.8 Å². The second-order valence-corrected chi connectivity index (χ2v) is 12.2. The highest BCUT2D eigenvalue weighted by atomic mass is 32.2. The number of amides is 1. The van der Waals surface area contributed by atoms with Crippen LogP contribution < -0.4 is 5.32 Å². The lowest BCUT2D eigenvalue weighted by atomic mass is 9.84. The van der Waals surface area contributed by atoms with Crippen molar-refractivity contribution in [2.24, 2.45) is 5.92 Å². The van der Waals surface area contributed by atoms with Gasteiger partial charge in [0.15, 0.2) is 5.62 Å². The third kappa shape index (κ3) is 7.69. The highest BCUT2D eigenvalue weighted by Gasteiger charge is 2.27. The molecule has 2 aromatic rings. The van der Waals surface area contributed by atoms with E-state index in [2.05, 4.69) is 64.2 Å². The molecule has 6 nitrogen and oxygen atoms in total. The molecule has 1 saturated carbocycles. The molecule has 0 saturated heterocycles. The van der Waals surface area contributed by atoms with Crippen LogP contribution in [0.5, 0.6) is 0 Å². The van der Waals surface area contributed by atoms with Gasteiger partial charge in [-0.25, -0.2) is 4.98 Å². The van der Waals surface area contributed by atoms with Gasteiger partial charge >= 0.3 is 0 Å². The third-order valence-electron chi connectivity index (χ3n) is 7.04. The fourth-order valence-electron chi connectivity index (χ4n) is 4.88. The minimum atomic E-state index is -0.312. The van der Waals surface area contributed by atoms with E-state index in [1.165, 1.54) is 5.56 Å². The average molecular weight is 515 g/mol. The van der Waals surface area contributed by atoms with Crippen molar-refractivity contribution in [1.82, 2.24) is 10.3 Å². The monoisotopic (exact) mass is 514 g/mol. The number of oxazole rings is 1. The van der Waals surface area contributed by atoms with Gasteiger partial charge in [0.2, 0.25) is 11.8 Å². The number of hydrogen-bond acceptors (Lipinski definition) is 6. The van der Waals surface area contributed by atoms with Crippen LogP contribution in [0.2, 0.25) is 0 Å². The Morgan fingerprint density at radius 1 is 1.25 bits per heavy atom. The molecule has 1 aliphatic carbocycles. The number of carbonyl (C=O) groups is 2. The summed E-state index contributed by atoms with van der Waals surface area (Å²) >= 11 is 1.07. The molecule has 3 unspecified atom stereocenters. The summed E-state index contributed by atoms with van der Waals surface area (Å²) in [5.74, 6) is 2.17. The van der Waals surface area contributed by atoms with Gasteiger partial charge in [-0.15, -0.1) is 0 Å². The summed E-state index contributed by atoms with van der Waals surface area (Å²) in [6.45, 7) is 11.3. The van der Waals surface area contributed by atoms with Crippen molar-refractivity contribution in [1.29, 1.82) is 0 Å². The molecule has 1 N–H and O–H groups in total. The van der Waals surface area contributed by atoms with Crippen molar-refractivity contribution in [3.05, 3.63) is 41.3 Å². The van der Waals surface area contributed by atoms with Crippen LogP contribution in [0.1, 0.15) is 96.1 Å². The predicted octanol–water partition coefficient (Wildman–Crippen LogP) is 6.66. The van der Waals surface area contributed by atoms with Crippen molar-refractivity contribution < 1.29 is 18.7 Å². The van der Waals surface area contributed by atoms with Crippen molar-refractivity contribution >= 4 is 23.3 Å². The zero-order valence-electron chi connectivity index (χ0n) is 22.6. The average Bonchev–Trinajstić information content (AvgIpc) is 3.29. The molecule has 3 atom stereocenters. The molecule has 0 bridgehead atoms. The van der Waals surface area contributed by atoms with Gasteiger partial charge in [-0.05, 0) is 54.7 Å². The number of carbonyl (C=O) groups excluding carboxylic acids is 2. The second-order valence-electron chi connectivity index (χ2n) is 11.2. The Hall–Kier alpha value is -2.12. The van der Waals surface area contributed by atoms with Gasteiger partial charge < -0.3 is 14.5 Å². The molecule has 1 amide bonds. The largest absolute Gasteiger partial charge is 0.441 e. The van der Waals surface area contributed by atoms with Crippen LogP contribution in [0, 0.1) is 5.92 Å². The number of aromatic nitrogens is 1. The standard InChI is InChI=1S/C29H42N2O4S/c1-19(2)26-24(31-28(35-26)21-11-13-22(14-12-21)29(3,4)5)17-34-23-9-7-8-20(16-23)10-15-25(36-18-32)27(33)30-6/h11-14,18-20,23,25H,7-10,15-17H2,1-6H3,(H,30,33). The Morgan fingerprint density at radius 3 is 2.58 bits per heavy atom. The lowest BCUT2D eigenvalue weighted by molar-refractivity contribution is -0.120. The molecule has 1 aliphatic rings. The van der Waals surface area contributed by atoms with Gasteiger partial charge in [0.1, 0.15) is 11.5 Å². The summed E-state index contributed by atoms with van der Waals surface area (Å²) in [7, 11) is 1.62. The van der Waals surface area contributed by atoms with Gasteiger partial charge in [0.05, 0.1) is 18.0 Å². The molecular weight excluding hydrogens is 472 g/mol. The maximum Gasteiger partial charge on any atom is 0.233 e. The lowest BCUT2D eigenvalue weighted by Crippen LogP contribution is -2.31. The first kappa shape index (κ1) is 28.5. The molecule has 7 heteroatoms. The first-order valence-corrected chi connectivity index (χ1v) is 14.1. The number of ether oxygens (including phenoxy) is 1. The molecule has 1 fully saturated rings. The Kier molecular flexibility index (Phi) is 10.2. The first-order chi connectivity index (χ1) is 17.1. The Balaban J connectivity index is 1.61. The molecule has 3 rings (SSSR count). The quantitative estimate of drug-likeness (QED) is 0.338. The topological polar surface area (TPSA) is 81.4 Å². The fraction of sp³-hybridized carbons (Fsp3) is 0.621. The zero-order chi connectivity index (χ0) is 26.3. The van der Waals surface area contributed by atoms with Gasteiger partial charge in [-0.2, -0.15) is 0 Å². The molecule has 1 heterocycles. The SMILES string of the molecule is CNC(=O)C(CCC1CCCC(OCc2nc(-c3ccc(C(C)(C)C)cc3)oc2C(C)C)C1)SC=O. The molecule has 0 aliphatic heterocycles. The van der Waals surface area contributed by atoms with E-state index in [4.69, 9.17) is 14.1 Å². The molecule has 36 heavy (non-hydrogen) atoms. The Morgan fingerprint density at radius 2 is 1.97 bits per heavy atom. The van der Waals surface area contributed by atoms with E-state index >= 15 is 0 Å². The summed E-state index contributed by atoms with van der Waals surface area (Å²) in [5.41, 5.74) is 4.01. The van der Waals surface area contributed by atoms with Crippen LogP contribution in [0.4, 0.5) is 0 Å². The van der Waals surface area contributed by atoms with E-state index in [1.807, 2.05) is 0 Å². The lowest BCUT2D eigenvalue weighted by Gasteiger charge is -2.29. The first-order valence-electron chi connectivity index (χ1n) is 13.1. The van der Waals surface area contributed by atoms with E-state index in [9.17, 15) is 9.59 Å². The summed E-state index contributed by atoms with van der Waals surface area (Å²) in [4.78, 5) is 27.8. The van der Waals surface area contributed by atoms with E-state index in [1.54, 1.807) is 7.05 Å². The summed E-state index contributed by atoms with van der Waals surface area (Å²) in [6.07, 6.45) is 6.07. The van der Waals surface area contributed by atoms with Gasteiger partial charge in [-0.3, -0.25) is 9.59 Å². The summed E-state index contributed by atoms with van der Waals surface area (Å²) < 4.78 is 12.6. The third-order valence-corrected chi connectivity index (χ3v) is 7.93. The van der Waals surface area contributed by atoms with E-state index in [-0.39, 0.29) is 28.6 Å². The van der Waals surface area contributed by atoms with E-state index < -0.39 is 0 Å². The van der Waals surface area contributed by atoms with Crippen molar-refractivity contribution in [3.63, 3.8) is 0 Å². The van der Waals surface area contributed by atoms with Crippen LogP contribution in [-0.4, -0.2) is 34.9 Å². The van der Waals surface area contributed by atoms with Crippen LogP contribution in [0.3, 0.4) is 0 Å². The number of nitrogens with one attached hydrogen (secondary N) is 1. The highest BCUT2D eigenvalue weighted by Crippen LogP contribution is 2.33. The number of hydrogen-bond donors (Lipinski definition) is 1. The molecule has 198 valence electrons. The molecule has 1 aromatic heterocycles. The molecule has 1 aromatic carbocycles. The zero-order valence-corrected chi connectivity index (χ0v) is 23.5. The van der Waals surface area contributed by atoms with Gasteiger partial charge in [0, 0.05) is 18.5 Å². The smallest absolute Gasteiger partial charge is 0.233 e. The van der Waals surface area contributed by atoms with E-state index in [0.29, 0.717) is 24.8 Å². The number of benzene rings is 1.